The van der Waals surface area contributed by atoms with Gasteiger partial charge in [-0.2, -0.15) is 10.1 Å². The van der Waals surface area contributed by atoms with Crippen LogP contribution in [0.4, 0.5) is 11.8 Å². The second-order valence-corrected chi connectivity index (χ2v) is 5.27. The summed E-state index contributed by atoms with van der Waals surface area (Å²) in [5.41, 5.74) is 1.03. The van der Waals surface area contributed by atoms with Crippen molar-refractivity contribution in [3.8, 4) is 0 Å². The van der Waals surface area contributed by atoms with E-state index in [-0.39, 0.29) is 0 Å². The highest BCUT2D eigenvalue weighted by Crippen LogP contribution is 2.16. The average molecular weight is 306 g/mol. The zero-order valence-corrected chi connectivity index (χ0v) is 13.1. The molecule has 21 heavy (non-hydrogen) atoms. The molecule has 2 aromatic rings. The molecule has 0 saturated carbocycles. The van der Waals surface area contributed by atoms with Gasteiger partial charge < -0.3 is 10.2 Å². The molecule has 0 unspecified atom stereocenters. The van der Waals surface area contributed by atoms with Gasteiger partial charge in [0.2, 0.25) is 5.95 Å². The molecular formula is C15H20ClN5. The predicted octanol–water partition coefficient (Wildman–Crippen LogP) is 3.37. The number of benzene rings is 1. The molecule has 112 valence electrons. The summed E-state index contributed by atoms with van der Waals surface area (Å²) in [4.78, 5) is 6.48. The van der Waals surface area contributed by atoms with Gasteiger partial charge in [0, 0.05) is 25.2 Å². The number of nitrogens with one attached hydrogen (secondary N) is 1. The lowest BCUT2D eigenvalue weighted by Gasteiger charge is -2.16. The number of anilines is 2. The SMILES string of the molecule is CCCCN(C)c1nncc(NCc2ccccc2Cl)n1. The Morgan fingerprint density at radius 1 is 1.29 bits per heavy atom. The Morgan fingerprint density at radius 2 is 2.10 bits per heavy atom. The van der Waals surface area contributed by atoms with Crippen LogP contribution in [0.3, 0.4) is 0 Å². The fourth-order valence-electron chi connectivity index (χ4n) is 1.86. The molecule has 0 radical (unpaired) electrons. The lowest BCUT2D eigenvalue weighted by Crippen LogP contribution is -2.21. The second kappa shape index (κ2) is 7.78. The number of hydrogen-bond acceptors (Lipinski definition) is 5. The minimum atomic E-state index is 0.608. The van der Waals surface area contributed by atoms with E-state index in [1.165, 1.54) is 0 Å². The molecule has 0 saturated heterocycles. The summed E-state index contributed by atoms with van der Waals surface area (Å²) in [6, 6.07) is 7.74. The number of rotatable bonds is 7. The van der Waals surface area contributed by atoms with Crippen molar-refractivity contribution < 1.29 is 0 Å². The van der Waals surface area contributed by atoms with Crippen molar-refractivity contribution >= 4 is 23.4 Å². The lowest BCUT2D eigenvalue weighted by atomic mass is 10.2. The van der Waals surface area contributed by atoms with Crippen LogP contribution in [-0.2, 0) is 6.54 Å². The Labute approximate surface area is 130 Å². The van der Waals surface area contributed by atoms with Gasteiger partial charge >= 0.3 is 0 Å². The fraction of sp³-hybridized carbons (Fsp3) is 0.400. The lowest BCUT2D eigenvalue weighted by molar-refractivity contribution is 0.740. The van der Waals surface area contributed by atoms with E-state index >= 15 is 0 Å². The third-order valence-corrected chi connectivity index (χ3v) is 3.52. The van der Waals surface area contributed by atoms with Crippen molar-refractivity contribution in [1.29, 1.82) is 0 Å². The van der Waals surface area contributed by atoms with Crippen LogP contribution in [0.15, 0.2) is 30.5 Å². The molecule has 6 heteroatoms. The predicted molar refractivity (Wildman–Crippen MR) is 86.8 cm³/mol. The van der Waals surface area contributed by atoms with E-state index in [2.05, 4.69) is 27.4 Å². The molecule has 0 atom stereocenters. The van der Waals surface area contributed by atoms with Gasteiger partial charge in [-0.3, -0.25) is 0 Å². The number of aromatic nitrogens is 3. The van der Waals surface area contributed by atoms with E-state index < -0.39 is 0 Å². The van der Waals surface area contributed by atoms with Crippen molar-refractivity contribution in [2.45, 2.75) is 26.3 Å². The quantitative estimate of drug-likeness (QED) is 0.850. The monoisotopic (exact) mass is 305 g/mol. The Kier molecular flexibility index (Phi) is 5.75. The summed E-state index contributed by atoms with van der Waals surface area (Å²) in [6.45, 7) is 3.69. The molecule has 0 aliphatic rings. The maximum Gasteiger partial charge on any atom is 0.247 e. The fourth-order valence-corrected chi connectivity index (χ4v) is 2.07. The molecule has 0 aliphatic carbocycles. The molecule has 0 spiro atoms. The van der Waals surface area contributed by atoms with Crippen molar-refractivity contribution in [2.24, 2.45) is 0 Å². The second-order valence-electron chi connectivity index (χ2n) is 4.86. The van der Waals surface area contributed by atoms with Crippen LogP contribution in [0.25, 0.3) is 0 Å². The van der Waals surface area contributed by atoms with Gasteiger partial charge in [-0.1, -0.05) is 43.1 Å². The molecular weight excluding hydrogens is 286 g/mol. The van der Waals surface area contributed by atoms with E-state index in [9.17, 15) is 0 Å². The maximum atomic E-state index is 6.13. The largest absolute Gasteiger partial charge is 0.364 e. The van der Waals surface area contributed by atoms with Crippen LogP contribution in [0.1, 0.15) is 25.3 Å². The van der Waals surface area contributed by atoms with Gasteiger partial charge in [-0.15, -0.1) is 5.10 Å². The van der Waals surface area contributed by atoms with E-state index in [0.29, 0.717) is 18.3 Å². The zero-order valence-electron chi connectivity index (χ0n) is 12.4. The molecule has 1 aromatic heterocycles. The number of halogens is 1. The Morgan fingerprint density at radius 3 is 2.86 bits per heavy atom. The van der Waals surface area contributed by atoms with Crippen LogP contribution in [0, 0.1) is 0 Å². The van der Waals surface area contributed by atoms with Gasteiger partial charge in [0.25, 0.3) is 0 Å². The first-order valence-corrected chi connectivity index (χ1v) is 7.46. The highest BCUT2D eigenvalue weighted by molar-refractivity contribution is 6.31. The molecule has 2 rings (SSSR count). The molecule has 0 bridgehead atoms. The van der Waals surface area contributed by atoms with Gasteiger partial charge in [0.05, 0.1) is 6.20 Å². The van der Waals surface area contributed by atoms with Gasteiger partial charge in [-0.25, -0.2) is 0 Å². The summed E-state index contributed by atoms with van der Waals surface area (Å²) in [5, 5.41) is 12.0. The molecule has 0 aliphatic heterocycles. The van der Waals surface area contributed by atoms with Crippen molar-refractivity contribution in [3.05, 3.63) is 41.0 Å². The van der Waals surface area contributed by atoms with Crippen LogP contribution >= 0.6 is 11.6 Å². The number of unbranched alkanes of at least 4 members (excludes halogenated alkanes) is 1. The molecule has 0 amide bonds. The average Bonchev–Trinajstić information content (AvgIpc) is 2.52. The van der Waals surface area contributed by atoms with Crippen LogP contribution in [0.5, 0.6) is 0 Å². The third kappa shape index (κ3) is 4.56. The van der Waals surface area contributed by atoms with Crippen LogP contribution < -0.4 is 10.2 Å². The van der Waals surface area contributed by atoms with Gasteiger partial charge in [-0.05, 0) is 18.1 Å². The summed E-state index contributed by atoms with van der Waals surface area (Å²) in [7, 11) is 1.98. The molecule has 1 aromatic carbocycles. The number of nitrogens with zero attached hydrogens (tertiary/aromatic N) is 4. The van der Waals surface area contributed by atoms with Crippen molar-refractivity contribution in [1.82, 2.24) is 15.2 Å². The molecule has 5 nitrogen and oxygen atoms in total. The molecule has 1 heterocycles. The van der Waals surface area contributed by atoms with E-state index in [4.69, 9.17) is 11.6 Å². The van der Waals surface area contributed by atoms with Crippen LogP contribution in [0.2, 0.25) is 5.02 Å². The van der Waals surface area contributed by atoms with Crippen molar-refractivity contribution in [3.63, 3.8) is 0 Å². The molecule has 1 N–H and O–H groups in total. The zero-order chi connectivity index (χ0) is 15.1. The Hall–Kier alpha value is -1.88. The first kappa shape index (κ1) is 15.5. The van der Waals surface area contributed by atoms with E-state index in [1.807, 2.05) is 36.2 Å². The first-order valence-electron chi connectivity index (χ1n) is 7.09. The topological polar surface area (TPSA) is 53.9 Å². The summed E-state index contributed by atoms with van der Waals surface area (Å²) in [6.07, 6.45) is 3.87. The van der Waals surface area contributed by atoms with Crippen LogP contribution in [-0.4, -0.2) is 28.8 Å². The van der Waals surface area contributed by atoms with Gasteiger partial charge in [0.1, 0.15) is 0 Å². The smallest absolute Gasteiger partial charge is 0.247 e. The maximum absolute atomic E-state index is 6.13. The van der Waals surface area contributed by atoms with Crippen molar-refractivity contribution in [2.75, 3.05) is 23.8 Å². The number of hydrogen-bond donors (Lipinski definition) is 1. The highest BCUT2D eigenvalue weighted by Gasteiger charge is 2.06. The minimum Gasteiger partial charge on any atom is -0.364 e. The Balaban J connectivity index is 1.99. The first-order chi connectivity index (χ1) is 10.2. The third-order valence-electron chi connectivity index (χ3n) is 3.15. The normalized spacial score (nSPS) is 10.4. The summed E-state index contributed by atoms with van der Waals surface area (Å²) < 4.78 is 0. The summed E-state index contributed by atoms with van der Waals surface area (Å²) >= 11 is 6.13. The van der Waals surface area contributed by atoms with E-state index in [0.717, 1.165) is 30.0 Å². The standard InChI is InChI=1S/C15H20ClN5/c1-3-4-9-21(2)15-19-14(11-18-20-15)17-10-12-7-5-6-8-13(12)16/h5-8,11H,3-4,9-10H2,1-2H3,(H,17,19,20). The van der Waals surface area contributed by atoms with E-state index in [1.54, 1.807) is 6.20 Å². The van der Waals surface area contributed by atoms with Gasteiger partial charge in [0.15, 0.2) is 5.82 Å². The molecule has 0 fully saturated rings. The highest BCUT2D eigenvalue weighted by atomic mass is 35.5. The minimum absolute atomic E-state index is 0.608. The Bertz CT molecular complexity index is 575. The summed E-state index contributed by atoms with van der Waals surface area (Å²) in [5.74, 6) is 1.33.